The van der Waals surface area contributed by atoms with Gasteiger partial charge in [-0.15, -0.1) is 0 Å². The first-order valence-corrected chi connectivity index (χ1v) is 13.6. The van der Waals surface area contributed by atoms with Gasteiger partial charge in [-0.3, -0.25) is 4.79 Å². The summed E-state index contributed by atoms with van der Waals surface area (Å²) < 4.78 is 34.0. The molecular formula is C29H27ClN2O4S. The highest BCUT2D eigenvalue weighted by molar-refractivity contribution is 7.89. The standard InChI is InChI=1S/C29H27ClN2O4S/c1-21(22-11-5-2-6-12-22)32-37(34,35)25-17-18-27(26(30)19-25)36-20-28(33)31-29(23-13-7-3-8-14-23)24-15-9-4-10-16-24/h2-19,21,29,32H,20H2,1H3,(H,31,33)/t21-/m0/s1. The number of ether oxygens (including phenoxy) is 1. The molecule has 0 saturated heterocycles. The average molecular weight is 535 g/mol. The van der Waals surface area contributed by atoms with Crippen molar-refractivity contribution in [2.75, 3.05) is 6.61 Å². The fourth-order valence-corrected chi connectivity index (χ4v) is 5.43. The van der Waals surface area contributed by atoms with Crippen LogP contribution in [0.25, 0.3) is 0 Å². The van der Waals surface area contributed by atoms with Gasteiger partial charge in [0.1, 0.15) is 5.75 Å². The number of rotatable bonds is 10. The molecule has 1 atom stereocenters. The summed E-state index contributed by atoms with van der Waals surface area (Å²) in [6.45, 7) is 1.48. The summed E-state index contributed by atoms with van der Waals surface area (Å²) in [6.07, 6.45) is 0. The number of amides is 1. The predicted molar refractivity (Wildman–Crippen MR) is 145 cm³/mol. The zero-order chi connectivity index (χ0) is 26.3. The molecule has 0 aliphatic heterocycles. The summed E-state index contributed by atoms with van der Waals surface area (Å²) in [5.41, 5.74) is 2.71. The highest BCUT2D eigenvalue weighted by Crippen LogP contribution is 2.28. The van der Waals surface area contributed by atoms with E-state index in [0.717, 1.165) is 16.7 Å². The van der Waals surface area contributed by atoms with Crippen LogP contribution >= 0.6 is 11.6 Å². The highest BCUT2D eigenvalue weighted by atomic mass is 35.5. The summed E-state index contributed by atoms with van der Waals surface area (Å²) in [4.78, 5) is 12.8. The lowest BCUT2D eigenvalue weighted by molar-refractivity contribution is -0.123. The van der Waals surface area contributed by atoms with E-state index >= 15 is 0 Å². The first-order chi connectivity index (χ1) is 17.8. The molecular weight excluding hydrogens is 508 g/mol. The van der Waals surface area contributed by atoms with Gasteiger partial charge in [0.25, 0.3) is 5.91 Å². The van der Waals surface area contributed by atoms with Crippen LogP contribution in [-0.2, 0) is 14.8 Å². The molecule has 4 rings (SSSR count). The SMILES string of the molecule is C[C@H](NS(=O)(=O)c1ccc(OCC(=O)NC(c2ccccc2)c2ccccc2)c(Cl)c1)c1ccccc1. The lowest BCUT2D eigenvalue weighted by Crippen LogP contribution is -2.33. The smallest absolute Gasteiger partial charge is 0.258 e. The van der Waals surface area contributed by atoms with E-state index in [9.17, 15) is 13.2 Å². The molecule has 4 aromatic carbocycles. The Hall–Kier alpha value is -3.65. The third-order valence-corrected chi connectivity index (χ3v) is 7.61. The quantitative estimate of drug-likeness (QED) is 0.275. The molecule has 0 unspecified atom stereocenters. The first kappa shape index (κ1) is 26.4. The predicted octanol–water partition coefficient (Wildman–Crippen LogP) is 5.66. The van der Waals surface area contributed by atoms with Crippen LogP contribution < -0.4 is 14.8 Å². The van der Waals surface area contributed by atoms with Crippen LogP contribution in [0.3, 0.4) is 0 Å². The molecule has 0 fully saturated rings. The zero-order valence-corrected chi connectivity index (χ0v) is 21.7. The average Bonchev–Trinajstić information content (AvgIpc) is 2.92. The topological polar surface area (TPSA) is 84.5 Å². The van der Waals surface area contributed by atoms with Gasteiger partial charge in [0.15, 0.2) is 6.61 Å². The molecule has 6 nitrogen and oxygen atoms in total. The molecule has 0 aromatic heterocycles. The van der Waals surface area contributed by atoms with Gasteiger partial charge in [-0.25, -0.2) is 13.1 Å². The third-order valence-electron chi connectivity index (χ3n) is 5.78. The van der Waals surface area contributed by atoms with Crippen molar-refractivity contribution in [2.24, 2.45) is 0 Å². The van der Waals surface area contributed by atoms with Gasteiger partial charge in [0, 0.05) is 6.04 Å². The van der Waals surface area contributed by atoms with E-state index in [4.69, 9.17) is 16.3 Å². The van der Waals surface area contributed by atoms with Gasteiger partial charge in [0.2, 0.25) is 10.0 Å². The summed E-state index contributed by atoms with van der Waals surface area (Å²) in [6, 6.07) is 31.9. The number of hydrogen-bond acceptors (Lipinski definition) is 4. The maximum Gasteiger partial charge on any atom is 0.258 e. The summed E-state index contributed by atoms with van der Waals surface area (Å²) >= 11 is 6.32. The van der Waals surface area contributed by atoms with Gasteiger partial charge in [-0.05, 0) is 41.8 Å². The Balaban J connectivity index is 1.41. The van der Waals surface area contributed by atoms with Crippen molar-refractivity contribution < 1.29 is 17.9 Å². The van der Waals surface area contributed by atoms with Crippen molar-refractivity contribution in [3.63, 3.8) is 0 Å². The Labute approximate surface area is 222 Å². The molecule has 1 amide bonds. The molecule has 0 radical (unpaired) electrons. The molecule has 0 bridgehead atoms. The Morgan fingerprint density at radius 3 is 1.84 bits per heavy atom. The Bertz CT molecular complexity index is 1390. The van der Waals surface area contributed by atoms with Crippen molar-refractivity contribution in [3.05, 3.63) is 131 Å². The van der Waals surface area contributed by atoms with Crippen molar-refractivity contribution in [3.8, 4) is 5.75 Å². The number of carbonyl (C=O) groups is 1. The molecule has 2 N–H and O–H groups in total. The molecule has 4 aromatic rings. The van der Waals surface area contributed by atoms with Gasteiger partial charge >= 0.3 is 0 Å². The monoisotopic (exact) mass is 534 g/mol. The van der Waals surface area contributed by atoms with Gasteiger partial charge in [-0.2, -0.15) is 0 Å². The lowest BCUT2D eigenvalue weighted by atomic mass is 9.99. The van der Waals surface area contributed by atoms with Gasteiger partial charge in [0.05, 0.1) is 16.0 Å². The lowest BCUT2D eigenvalue weighted by Gasteiger charge is -2.20. The number of nitrogens with one attached hydrogen (secondary N) is 2. The second-order valence-corrected chi connectivity index (χ2v) is 10.6. The minimum Gasteiger partial charge on any atom is -0.482 e. The van der Waals surface area contributed by atoms with Crippen molar-refractivity contribution in [1.82, 2.24) is 10.0 Å². The van der Waals surface area contributed by atoms with Crippen LogP contribution in [-0.4, -0.2) is 20.9 Å². The molecule has 0 aliphatic carbocycles. The Morgan fingerprint density at radius 1 is 0.811 bits per heavy atom. The van der Waals surface area contributed by atoms with E-state index in [1.165, 1.54) is 18.2 Å². The van der Waals surface area contributed by atoms with Crippen LogP contribution in [0, 0.1) is 0 Å². The highest BCUT2D eigenvalue weighted by Gasteiger charge is 2.21. The molecule has 0 spiro atoms. The van der Waals surface area contributed by atoms with Gasteiger partial charge < -0.3 is 10.1 Å². The number of carbonyl (C=O) groups excluding carboxylic acids is 1. The minimum absolute atomic E-state index is 0.00491. The number of benzene rings is 4. The van der Waals surface area contributed by atoms with Crippen LogP contribution in [0.1, 0.15) is 35.7 Å². The maximum absolute atomic E-state index is 12.9. The summed E-state index contributed by atoms with van der Waals surface area (Å²) in [5.74, 6) is -0.133. The van der Waals surface area contributed by atoms with E-state index in [-0.39, 0.29) is 34.2 Å². The number of hydrogen-bond donors (Lipinski definition) is 2. The Kier molecular flexibility index (Phi) is 8.61. The maximum atomic E-state index is 12.9. The second kappa shape index (κ2) is 12.1. The van der Waals surface area contributed by atoms with E-state index in [1.54, 1.807) is 6.92 Å². The second-order valence-electron chi connectivity index (χ2n) is 8.46. The number of halogens is 1. The molecule has 190 valence electrons. The van der Waals surface area contributed by atoms with E-state index < -0.39 is 16.1 Å². The third kappa shape index (κ3) is 6.98. The molecule has 0 saturated carbocycles. The van der Waals surface area contributed by atoms with Crippen molar-refractivity contribution >= 4 is 27.5 Å². The minimum atomic E-state index is -3.82. The zero-order valence-electron chi connectivity index (χ0n) is 20.2. The first-order valence-electron chi connectivity index (χ1n) is 11.7. The van der Waals surface area contributed by atoms with E-state index in [2.05, 4.69) is 10.0 Å². The van der Waals surface area contributed by atoms with Crippen LogP contribution in [0.5, 0.6) is 5.75 Å². The van der Waals surface area contributed by atoms with E-state index in [1.807, 2.05) is 91.0 Å². The molecule has 8 heteroatoms. The van der Waals surface area contributed by atoms with Crippen LogP contribution in [0.4, 0.5) is 0 Å². The molecule has 0 aliphatic rings. The number of sulfonamides is 1. The normalized spacial score (nSPS) is 12.2. The largest absolute Gasteiger partial charge is 0.482 e. The Morgan fingerprint density at radius 2 is 1.32 bits per heavy atom. The van der Waals surface area contributed by atoms with Gasteiger partial charge in [-0.1, -0.05) is 103 Å². The fraction of sp³-hybridized carbons (Fsp3) is 0.138. The summed E-state index contributed by atoms with van der Waals surface area (Å²) in [5, 5.41) is 3.09. The van der Waals surface area contributed by atoms with Crippen LogP contribution in [0.2, 0.25) is 5.02 Å². The fourth-order valence-electron chi connectivity index (χ4n) is 3.87. The molecule has 0 heterocycles. The van der Waals surface area contributed by atoms with Crippen LogP contribution in [0.15, 0.2) is 114 Å². The van der Waals surface area contributed by atoms with Crippen molar-refractivity contribution in [2.45, 2.75) is 23.9 Å². The van der Waals surface area contributed by atoms with E-state index in [0.29, 0.717) is 0 Å². The summed E-state index contributed by atoms with van der Waals surface area (Å²) in [7, 11) is -3.82. The van der Waals surface area contributed by atoms with Crippen molar-refractivity contribution in [1.29, 1.82) is 0 Å². The molecule has 37 heavy (non-hydrogen) atoms.